The van der Waals surface area contributed by atoms with Gasteiger partial charge in [0.1, 0.15) is 5.82 Å². The Bertz CT molecular complexity index is 1700. The maximum absolute atomic E-state index is 13.0. The number of amides is 2. The van der Waals surface area contributed by atoms with Crippen molar-refractivity contribution in [2.24, 2.45) is 5.92 Å². The van der Waals surface area contributed by atoms with Crippen LogP contribution >= 0.6 is 0 Å². The zero-order chi connectivity index (χ0) is 31.3. The molecule has 5 rings (SSSR count). The first-order chi connectivity index (χ1) is 21.0. The van der Waals surface area contributed by atoms with Crippen molar-refractivity contribution >= 4 is 33.6 Å². The number of aromatic nitrogens is 2. The average Bonchev–Trinajstić information content (AvgIpc) is 3.43. The highest BCUT2D eigenvalue weighted by Crippen LogP contribution is 2.27. The number of urea groups is 1. The maximum Gasteiger partial charge on any atom is 0.324 e. The molecule has 9 heteroatoms. The summed E-state index contributed by atoms with van der Waals surface area (Å²) < 4.78 is 29.0. The molecule has 3 aromatic carbocycles. The fraction of sp³-hybridized carbons (Fsp3) is 0.314. The molecule has 1 fully saturated rings. The quantitative estimate of drug-likeness (QED) is 0.217. The summed E-state index contributed by atoms with van der Waals surface area (Å²) in [5.41, 5.74) is 5.44. The SMILES string of the molecule is Cc1ccc(-n2nc(C(C)(C)C)cc2NC(=O)Nc2ccc(CC3CCN(S(=O)(=O)C=Cc4ccccc4)CC3)cc2)cc1. The van der Waals surface area contributed by atoms with E-state index in [9.17, 15) is 13.2 Å². The molecular formula is C35H41N5O3S. The number of carbonyl (C=O) groups is 1. The molecule has 2 amide bonds. The lowest BCUT2D eigenvalue weighted by Gasteiger charge is -2.30. The van der Waals surface area contributed by atoms with E-state index < -0.39 is 10.0 Å². The van der Waals surface area contributed by atoms with Crippen LogP contribution in [0.2, 0.25) is 0 Å². The minimum atomic E-state index is -3.44. The van der Waals surface area contributed by atoms with Gasteiger partial charge in [-0.15, -0.1) is 0 Å². The number of carbonyl (C=O) groups excluding carboxylic acids is 1. The summed E-state index contributed by atoms with van der Waals surface area (Å²) in [4.78, 5) is 13.0. The standard InChI is InChI=1S/C35H41N5O3S/c1-26-10-16-31(17-11-26)40-33(25-32(38-40)35(2,3)4)37-34(41)36-30-14-12-28(13-15-30)24-29-18-21-39(22-19-29)44(42,43)23-20-27-8-6-5-7-9-27/h5-17,20,23,25,29H,18-19,21-22,24H2,1-4H3,(H2,36,37,41). The van der Waals surface area contributed by atoms with E-state index >= 15 is 0 Å². The highest BCUT2D eigenvalue weighted by atomic mass is 32.2. The van der Waals surface area contributed by atoms with Crippen LogP contribution in [0.15, 0.2) is 90.3 Å². The van der Waals surface area contributed by atoms with E-state index in [0.717, 1.165) is 47.3 Å². The summed E-state index contributed by atoms with van der Waals surface area (Å²) in [7, 11) is -3.44. The fourth-order valence-corrected chi connectivity index (χ4v) is 6.46. The lowest BCUT2D eigenvalue weighted by molar-refractivity contribution is 0.262. The molecule has 1 aliphatic heterocycles. The Balaban J connectivity index is 1.15. The lowest BCUT2D eigenvalue weighted by Crippen LogP contribution is -2.37. The van der Waals surface area contributed by atoms with Crippen LogP contribution in [0.4, 0.5) is 16.3 Å². The van der Waals surface area contributed by atoms with Crippen LogP contribution in [0.1, 0.15) is 56.0 Å². The minimum absolute atomic E-state index is 0.178. The van der Waals surface area contributed by atoms with Crippen molar-refractivity contribution in [2.45, 2.75) is 52.4 Å². The van der Waals surface area contributed by atoms with Gasteiger partial charge < -0.3 is 5.32 Å². The minimum Gasteiger partial charge on any atom is -0.308 e. The van der Waals surface area contributed by atoms with Gasteiger partial charge in [0, 0.05) is 35.7 Å². The molecule has 1 aromatic heterocycles. The molecule has 0 saturated carbocycles. The van der Waals surface area contributed by atoms with Gasteiger partial charge >= 0.3 is 6.03 Å². The average molecular weight is 612 g/mol. The molecule has 230 valence electrons. The Kier molecular flexibility index (Phi) is 9.36. The van der Waals surface area contributed by atoms with Crippen molar-refractivity contribution in [2.75, 3.05) is 23.7 Å². The fourth-order valence-electron chi connectivity index (χ4n) is 5.24. The Morgan fingerprint density at radius 2 is 1.59 bits per heavy atom. The van der Waals surface area contributed by atoms with Crippen LogP contribution < -0.4 is 10.6 Å². The summed E-state index contributed by atoms with van der Waals surface area (Å²) in [5.74, 6) is 0.998. The van der Waals surface area contributed by atoms with Crippen molar-refractivity contribution in [3.63, 3.8) is 0 Å². The van der Waals surface area contributed by atoms with Gasteiger partial charge in [0.2, 0.25) is 10.0 Å². The van der Waals surface area contributed by atoms with Gasteiger partial charge in [-0.05, 0) is 73.6 Å². The Labute approximate surface area is 260 Å². The predicted molar refractivity (Wildman–Crippen MR) is 178 cm³/mol. The smallest absolute Gasteiger partial charge is 0.308 e. The van der Waals surface area contributed by atoms with Crippen molar-refractivity contribution in [3.8, 4) is 5.69 Å². The molecule has 44 heavy (non-hydrogen) atoms. The van der Waals surface area contributed by atoms with Crippen LogP contribution in [-0.2, 0) is 21.9 Å². The number of hydrogen-bond acceptors (Lipinski definition) is 4. The second kappa shape index (κ2) is 13.2. The van der Waals surface area contributed by atoms with E-state index in [-0.39, 0.29) is 11.4 Å². The van der Waals surface area contributed by atoms with Gasteiger partial charge in [-0.25, -0.2) is 17.9 Å². The number of aryl methyl sites for hydroxylation is 1. The summed E-state index contributed by atoms with van der Waals surface area (Å²) in [6, 6.07) is 26.9. The first-order valence-corrected chi connectivity index (χ1v) is 16.5. The highest BCUT2D eigenvalue weighted by molar-refractivity contribution is 7.92. The molecule has 1 aliphatic rings. The van der Waals surface area contributed by atoms with E-state index in [4.69, 9.17) is 5.10 Å². The van der Waals surface area contributed by atoms with E-state index in [1.807, 2.05) is 91.9 Å². The Hall–Kier alpha value is -4.21. The first kappa shape index (κ1) is 31.2. The normalized spacial score (nSPS) is 15.0. The van der Waals surface area contributed by atoms with Gasteiger partial charge in [-0.2, -0.15) is 9.40 Å². The van der Waals surface area contributed by atoms with Crippen LogP contribution in [0.5, 0.6) is 0 Å². The molecule has 0 unspecified atom stereocenters. The molecule has 0 atom stereocenters. The third kappa shape index (κ3) is 8.03. The van der Waals surface area contributed by atoms with Crippen LogP contribution in [0.3, 0.4) is 0 Å². The number of rotatable bonds is 8. The molecule has 4 aromatic rings. The maximum atomic E-state index is 13.0. The summed E-state index contributed by atoms with van der Waals surface area (Å²) in [5, 5.41) is 12.0. The van der Waals surface area contributed by atoms with Gasteiger partial charge in [0.25, 0.3) is 0 Å². The second-order valence-corrected chi connectivity index (χ2v) is 14.3. The number of sulfonamides is 1. The van der Waals surface area contributed by atoms with E-state index in [2.05, 4.69) is 31.4 Å². The topological polar surface area (TPSA) is 96.3 Å². The first-order valence-electron chi connectivity index (χ1n) is 15.0. The Morgan fingerprint density at radius 3 is 2.23 bits per heavy atom. The van der Waals surface area contributed by atoms with E-state index in [0.29, 0.717) is 30.5 Å². The summed E-state index contributed by atoms with van der Waals surface area (Å²) in [6.45, 7) is 9.35. The molecule has 0 bridgehead atoms. The zero-order valence-electron chi connectivity index (χ0n) is 25.8. The number of hydrogen-bond donors (Lipinski definition) is 2. The Morgan fingerprint density at radius 1 is 0.932 bits per heavy atom. The molecule has 2 N–H and O–H groups in total. The lowest BCUT2D eigenvalue weighted by atomic mass is 9.91. The number of nitrogens with zero attached hydrogens (tertiary/aromatic N) is 3. The van der Waals surface area contributed by atoms with Crippen LogP contribution in [0.25, 0.3) is 11.8 Å². The largest absolute Gasteiger partial charge is 0.324 e. The second-order valence-electron chi connectivity index (χ2n) is 12.5. The number of piperidine rings is 1. The van der Waals surface area contributed by atoms with Gasteiger partial charge in [0.05, 0.1) is 11.4 Å². The molecule has 0 spiro atoms. The predicted octanol–water partition coefficient (Wildman–Crippen LogP) is 7.38. The van der Waals surface area contributed by atoms with Gasteiger partial charge in [-0.1, -0.05) is 80.9 Å². The van der Waals surface area contributed by atoms with Crippen molar-refractivity contribution in [1.29, 1.82) is 0 Å². The molecule has 8 nitrogen and oxygen atoms in total. The van der Waals surface area contributed by atoms with E-state index in [1.54, 1.807) is 15.1 Å². The molecular weight excluding hydrogens is 570 g/mol. The van der Waals surface area contributed by atoms with Crippen LogP contribution in [0, 0.1) is 12.8 Å². The van der Waals surface area contributed by atoms with Crippen molar-refractivity contribution in [3.05, 3.63) is 113 Å². The zero-order valence-corrected chi connectivity index (χ0v) is 26.6. The molecule has 2 heterocycles. The highest BCUT2D eigenvalue weighted by Gasteiger charge is 2.26. The van der Waals surface area contributed by atoms with Gasteiger partial charge in [0.15, 0.2) is 0 Å². The van der Waals surface area contributed by atoms with Crippen molar-refractivity contribution in [1.82, 2.24) is 14.1 Å². The molecule has 0 aliphatic carbocycles. The van der Waals surface area contributed by atoms with E-state index in [1.165, 1.54) is 5.41 Å². The third-order valence-corrected chi connectivity index (χ3v) is 9.46. The molecule has 0 radical (unpaired) electrons. The van der Waals surface area contributed by atoms with Crippen molar-refractivity contribution < 1.29 is 13.2 Å². The number of anilines is 2. The van der Waals surface area contributed by atoms with Crippen LogP contribution in [-0.4, -0.2) is 41.6 Å². The number of benzene rings is 3. The number of nitrogens with one attached hydrogen (secondary N) is 2. The van der Waals surface area contributed by atoms with Gasteiger partial charge in [-0.3, -0.25) is 5.32 Å². The third-order valence-electron chi connectivity index (χ3n) is 7.90. The monoisotopic (exact) mass is 611 g/mol. The molecule has 1 saturated heterocycles. The summed E-state index contributed by atoms with van der Waals surface area (Å²) in [6.07, 6.45) is 4.14. The summed E-state index contributed by atoms with van der Waals surface area (Å²) >= 11 is 0.